The van der Waals surface area contributed by atoms with Crippen molar-refractivity contribution in [3.05, 3.63) is 61.5 Å². The van der Waals surface area contributed by atoms with E-state index in [0.717, 1.165) is 25.8 Å². The summed E-state index contributed by atoms with van der Waals surface area (Å²) in [5.41, 5.74) is 1.92. The van der Waals surface area contributed by atoms with Gasteiger partial charge in [0.25, 0.3) is 0 Å². The normalized spacial score (nSPS) is 12.2. The zero-order valence-electron chi connectivity index (χ0n) is 10.7. The second-order valence-electron chi connectivity index (χ2n) is 4.15. The molecular weight excluding hydrogens is 427 g/mol. The maximum absolute atomic E-state index is 6.56. The summed E-state index contributed by atoms with van der Waals surface area (Å²) in [6.45, 7) is 2.58. The second-order valence-corrected chi connectivity index (χ2v) is 6.73. The first kappa shape index (κ1) is 16.2. The number of ether oxygens (including phenoxy) is 1. The lowest BCUT2D eigenvalue weighted by Crippen LogP contribution is -1.97. The molecule has 2 rings (SSSR count). The molecule has 2 aromatic carbocycles. The zero-order valence-corrected chi connectivity index (χ0v) is 15.4. The maximum atomic E-state index is 6.56. The quantitative estimate of drug-likeness (QED) is 0.489. The summed E-state index contributed by atoms with van der Waals surface area (Å²) in [7, 11) is 0. The van der Waals surface area contributed by atoms with Crippen molar-refractivity contribution in [1.82, 2.24) is 0 Å². The van der Waals surface area contributed by atoms with Crippen molar-refractivity contribution < 1.29 is 4.74 Å². The third-order valence-electron chi connectivity index (χ3n) is 2.78. The molecule has 0 saturated heterocycles. The van der Waals surface area contributed by atoms with Crippen molar-refractivity contribution in [3.8, 4) is 5.75 Å². The summed E-state index contributed by atoms with van der Waals surface area (Å²) in [5.74, 6) is 0.810. The van der Waals surface area contributed by atoms with Gasteiger partial charge in [-0.3, -0.25) is 0 Å². The van der Waals surface area contributed by atoms with Crippen molar-refractivity contribution >= 4 is 55.1 Å². The van der Waals surface area contributed by atoms with Crippen molar-refractivity contribution in [2.45, 2.75) is 12.3 Å². The monoisotopic (exact) mass is 436 g/mol. The van der Waals surface area contributed by atoms with Crippen LogP contribution in [0.1, 0.15) is 23.4 Å². The van der Waals surface area contributed by atoms with Gasteiger partial charge in [-0.05, 0) is 64.3 Å². The molecule has 0 aliphatic carbocycles. The van der Waals surface area contributed by atoms with Crippen LogP contribution in [0.25, 0.3) is 0 Å². The highest BCUT2D eigenvalue weighted by molar-refractivity contribution is 9.10. The fourth-order valence-corrected chi connectivity index (χ4v) is 3.45. The highest BCUT2D eigenvalue weighted by Gasteiger charge is 2.16. The van der Waals surface area contributed by atoms with Gasteiger partial charge in [-0.2, -0.15) is 0 Å². The van der Waals surface area contributed by atoms with Crippen LogP contribution in [-0.2, 0) is 0 Å². The highest BCUT2D eigenvalue weighted by atomic mass is 79.9. The van der Waals surface area contributed by atoms with E-state index in [4.69, 9.17) is 27.9 Å². The minimum absolute atomic E-state index is 0.282. The first-order chi connectivity index (χ1) is 9.52. The Hall–Kier alpha value is -0.220. The minimum atomic E-state index is -0.282. The summed E-state index contributed by atoms with van der Waals surface area (Å²) in [6.07, 6.45) is 0. The predicted molar refractivity (Wildman–Crippen MR) is 92.2 cm³/mol. The fraction of sp³-hybridized carbons (Fsp3) is 0.200. The largest absolute Gasteiger partial charge is 0.493 e. The first-order valence-corrected chi connectivity index (χ1v) is 8.44. The van der Waals surface area contributed by atoms with Crippen LogP contribution in [0.15, 0.2) is 45.3 Å². The number of halogens is 4. The maximum Gasteiger partial charge on any atom is 0.133 e. The smallest absolute Gasteiger partial charge is 0.133 e. The third-order valence-corrected chi connectivity index (χ3v) is 4.84. The Kier molecular flexibility index (Phi) is 5.79. The van der Waals surface area contributed by atoms with Gasteiger partial charge >= 0.3 is 0 Å². The average Bonchev–Trinajstić information content (AvgIpc) is 2.43. The summed E-state index contributed by atoms with van der Waals surface area (Å²) in [4.78, 5) is 0. The molecule has 1 unspecified atom stereocenters. The molecule has 0 fully saturated rings. The molecule has 1 atom stereocenters. The highest BCUT2D eigenvalue weighted by Crippen LogP contribution is 2.38. The van der Waals surface area contributed by atoms with Crippen LogP contribution in [0, 0.1) is 0 Å². The summed E-state index contributed by atoms with van der Waals surface area (Å²) >= 11 is 19.6. The van der Waals surface area contributed by atoms with Crippen LogP contribution in [0.4, 0.5) is 0 Å². The van der Waals surface area contributed by atoms with Crippen LogP contribution in [0.3, 0.4) is 0 Å². The summed E-state index contributed by atoms with van der Waals surface area (Å²) in [6, 6.07) is 11.4. The molecule has 0 radical (unpaired) electrons. The van der Waals surface area contributed by atoms with Gasteiger partial charge < -0.3 is 4.74 Å². The molecule has 0 aliphatic rings. The molecule has 0 bridgehead atoms. The Balaban J connectivity index is 2.35. The van der Waals surface area contributed by atoms with E-state index in [2.05, 4.69) is 31.9 Å². The Morgan fingerprint density at radius 2 is 1.85 bits per heavy atom. The van der Waals surface area contributed by atoms with Crippen LogP contribution >= 0.6 is 55.1 Å². The van der Waals surface area contributed by atoms with Gasteiger partial charge in [0.15, 0.2) is 0 Å². The first-order valence-electron chi connectivity index (χ1n) is 6.04. The van der Waals surface area contributed by atoms with E-state index >= 15 is 0 Å². The van der Waals surface area contributed by atoms with Gasteiger partial charge in [-0.25, -0.2) is 0 Å². The molecule has 0 N–H and O–H groups in total. The SMILES string of the molecule is CCOc1ccc(C(Cl)c2cc(Cl)ccc2Br)cc1Br. The van der Waals surface area contributed by atoms with E-state index in [0.29, 0.717) is 11.6 Å². The van der Waals surface area contributed by atoms with Crippen molar-refractivity contribution in [2.24, 2.45) is 0 Å². The van der Waals surface area contributed by atoms with Gasteiger partial charge in [0, 0.05) is 9.50 Å². The van der Waals surface area contributed by atoms with E-state index in [1.165, 1.54) is 0 Å². The third kappa shape index (κ3) is 3.70. The molecule has 0 aliphatic heterocycles. The van der Waals surface area contributed by atoms with Gasteiger partial charge in [0.05, 0.1) is 16.5 Å². The van der Waals surface area contributed by atoms with Gasteiger partial charge in [-0.1, -0.05) is 33.6 Å². The standard InChI is InChI=1S/C15H12Br2Cl2O/c1-2-20-14-6-3-9(7-13(14)17)15(19)11-8-10(18)4-5-12(11)16/h3-8,15H,2H2,1H3. The average molecular weight is 439 g/mol. The summed E-state index contributed by atoms with van der Waals surface area (Å²) in [5, 5.41) is 0.383. The van der Waals surface area contributed by atoms with Crippen LogP contribution in [0.5, 0.6) is 5.75 Å². The van der Waals surface area contributed by atoms with E-state index in [-0.39, 0.29) is 5.38 Å². The van der Waals surface area contributed by atoms with E-state index < -0.39 is 0 Å². The molecule has 0 aromatic heterocycles. The Morgan fingerprint density at radius 3 is 2.50 bits per heavy atom. The lowest BCUT2D eigenvalue weighted by Gasteiger charge is -2.14. The van der Waals surface area contributed by atoms with Crippen LogP contribution in [0.2, 0.25) is 5.02 Å². The molecule has 5 heteroatoms. The van der Waals surface area contributed by atoms with Crippen molar-refractivity contribution in [1.29, 1.82) is 0 Å². The molecular formula is C15H12Br2Cl2O. The summed E-state index contributed by atoms with van der Waals surface area (Å²) < 4.78 is 7.33. The minimum Gasteiger partial charge on any atom is -0.493 e. The lowest BCUT2D eigenvalue weighted by molar-refractivity contribution is 0.338. The molecule has 106 valence electrons. The Labute approximate surface area is 145 Å². The number of hydrogen-bond donors (Lipinski definition) is 0. The predicted octanol–water partition coefficient (Wildman–Crippen LogP) is 6.59. The van der Waals surface area contributed by atoms with E-state index in [1.807, 2.05) is 43.3 Å². The molecule has 1 nitrogen and oxygen atoms in total. The molecule has 2 aromatic rings. The van der Waals surface area contributed by atoms with E-state index in [9.17, 15) is 0 Å². The van der Waals surface area contributed by atoms with Gasteiger partial charge in [-0.15, -0.1) is 11.6 Å². The van der Waals surface area contributed by atoms with Gasteiger partial charge in [0.1, 0.15) is 5.75 Å². The molecule has 0 saturated carbocycles. The van der Waals surface area contributed by atoms with Crippen molar-refractivity contribution in [2.75, 3.05) is 6.61 Å². The molecule has 20 heavy (non-hydrogen) atoms. The number of alkyl halides is 1. The van der Waals surface area contributed by atoms with Gasteiger partial charge in [0.2, 0.25) is 0 Å². The molecule has 0 amide bonds. The molecule has 0 heterocycles. The Bertz CT molecular complexity index is 617. The molecule has 0 spiro atoms. The number of rotatable bonds is 4. The topological polar surface area (TPSA) is 9.23 Å². The van der Waals surface area contributed by atoms with Crippen LogP contribution in [-0.4, -0.2) is 6.61 Å². The fourth-order valence-electron chi connectivity index (χ4n) is 1.84. The lowest BCUT2D eigenvalue weighted by atomic mass is 10.0. The number of benzene rings is 2. The number of hydrogen-bond acceptors (Lipinski definition) is 1. The van der Waals surface area contributed by atoms with Crippen molar-refractivity contribution in [3.63, 3.8) is 0 Å². The zero-order chi connectivity index (χ0) is 14.7. The Morgan fingerprint density at radius 1 is 1.10 bits per heavy atom. The van der Waals surface area contributed by atoms with E-state index in [1.54, 1.807) is 0 Å². The van der Waals surface area contributed by atoms with Crippen LogP contribution < -0.4 is 4.74 Å². The second kappa shape index (κ2) is 7.17.